The molecule has 0 amide bonds. The van der Waals surface area contributed by atoms with E-state index in [-0.39, 0.29) is 0 Å². The van der Waals surface area contributed by atoms with Gasteiger partial charge in [-0.2, -0.15) is 13.2 Å². The Morgan fingerprint density at radius 1 is 1.31 bits per heavy atom. The fourth-order valence-electron chi connectivity index (χ4n) is 1.13. The Labute approximate surface area is 86.1 Å². The molecule has 0 saturated heterocycles. The molecule has 16 heavy (non-hydrogen) atoms. The van der Waals surface area contributed by atoms with Gasteiger partial charge in [0.25, 0.3) is 6.43 Å². The standard InChI is InChI=1S/C8H6F6N2/c9-5-3(1-15)4(7(10)11)2-16-6(5)8(12,13)14/h2,7H,1,15H2. The Bertz CT molecular complexity index is 387. The van der Waals surface area contributed by atoms with Crippen LogP contribution in [0.15, 0.2) is 6.20 Å². The number of alkyl halides is 5. The van der Waals surface area contributed by atoms with E-state index in [1.807, 2.05) is 0 Å². The summed E-state index contributed by atoms with van der Waals surface area (Å²) in [5.74, 6) is -1.84. The maximum atomic E-state index is 13.2. The lowest BCUT2D eigenvalue weighted by Crippen LogP contribution is -2.16. The molecule has 0 aliphatic carbocycles. The third-order valence-electron chi connectivity index (χ3n) is 1.86. The number of hydrogen-bond acceptors (Lipinski definition) is 2. The molecule has 1 heterocycles. The van der Waals surface area contributed by atoms with Gasteiger partial charge in [0.1, 0.15) is 0 Å². The molecular weight excluding hydrogens is 238 g/mol. The lowest BCUT2D eigenvalue weighted by Gasteiger charge is -2.12. The highest BCUT2D eigenvalue weighted by atomic mass is 19.4. The van der Waals surface area contributed by atoms with Gasteiger partial charge in [-0.25, -0.2) is 18.2 Å². The van der Waals surface area contributed by atoms with E-state index in [4.69, 9.17) is 5.73 Å². The van der Waals surface area contributed by atoms with Crippen molar-refractivity contribution in [2.45, 2.75) is 19.1 Å². The van der Waals surface area contributed by atoms with Gasteiger partial charge in [-0.3, -0.25) is 0 Å². The third kappa shape index (κ3) is 2.26. The molecule has 2 nitrogen and oxygen atoms in total. The molecule has 1 aromatic heterocycles. The summed E-state index contributed by atoms with van der Waals surface area (Å²) >= 11 is 0. The summed E-state index contributed by atoms with van der Waals surface area (Å²) in [4.78, 5) is 2.64. The summed E-state index contributed by atoms with van der Waals surface area (Å²) in [6.07, 6.45) is -7.87. The predicted octanol–water partition coefficient (Wildman–Crippen LogP) is 2.64. The molecule has 2 N–H and O–H groups in total. The SMILES string of the molecule is NCc1c(C(F)F)cnc(C(F)(F)F)c1F. The monoisotopic (exact) mass is 244 g/mol. The zero-order valence-corrected chi connectivity index (χ0v) is 7.65. The first-order valence-corrected chi connectivity index (χ1v) is 4.01. The van der Waals surface area contributed by atoms with Crippen molar-refractivity contribution in [2.75, 3.05) is 0 Å². The number of hydrogen-bond donors (Lipinski definition) is 1. The lowest BCUT2D eigenvalue weighted by molar-refractivity contribution is -0.143. The first-order valence-electron chi connectivity index (χ1n) is 4.01. The van der Waals surface area contributed by atoms with Crippen molar-refractivity contribution >= 4 is 0 Å². The van der Waals surface area contributed by atoms with Crippen LogP contribution in [0.4, 0.5) is 26.3 Å². The second kappa shape index (κ2) is 4.28. The van der Waals surface area contributed by atoms with Crippen LogP contribution in [0.2, 0.25) is 0 Å². The van der Waals surface area contributed by atoms with Crippen molar-refractivity contribution in [3.63, 3.8) is 0 Å². The van der Waals surface area contributed by atoms with Crippen LogP contribution in [0.25, 0.3) is 0 Å². The number of pyridine rings is 1. The van der Waals surface area contributed by atoms with Crippen LogP contribution in [0.3, 0.4) is 0 Å². The normalized spacial score (nSPS) is 12.2. The second-order valence-electron chi connectivity index (χ2n) is 2.86. The highest BCUT2D eigenvalue weighted by Crippen LogP contribution is 2.33. The van der Waals surface area contributed by atoms with Crippen molar-refractivity contribution in [1.29, 1.82) is 0 Å². The van der Waals surface area contributed by atoms with Crippen LogP contribution < -0.4 is 5.73 Å². The average Bonchev–Trinajstić information content (AvgIpc) is 2.14. The molecule has 90 valence electrons. The van der Waals surface area contributed by atoms with Gasteiger partial charge >= 0.3 is 6.18 Å². The zero-order valence-electron chi connectivity index (χ0n) is 7.65. The molecule has 0 bridgehead atoms. The van der Waals surface area contributed by atoms with Gasteiger partial charge in [-0.15, -0.1) is 0 Å². The van der Waals surface area contributed by atoms with Gasteiger partial charge in [0.2, 0.25) is 0 Å². The van der Waals surface area contributed by atoms with Gasteiger partial charge in [0.05, 0.1) is 0 Å². The number of nitrogens with zero attached hydrogens (tertiary/aromatic N) is 1. The van der Waals surface area contributed by atoms with Crippen molar-refractivity contribution in [3.8, 4) is 0 Å². The predicted molar refractivity (Wildman–Crippen MR) is 42.0 cm³/mol. The maximum Gasteiger partial charge on any atom is 0.436 e. The fraction of sp³-hybridized carbons (Fsp3) is 0.375. The average molecular weight is 244 g/mol. The van der Waals surface area contributed by atoms with E-state index in [1.165, 1.54) is 0 Å². The fourth-order valence-corrected chi connectivity index (χ4v) is 1.13. The molecule has 8 heteroatoms. The van der Waals surface area contributed by atoms with E-state index in [2.05, 4.69) is 4.98 Å². The molecule has 0 radical (unpaired) electrons. The number of rotatable bonds is 2. The molecule has 1 rings (SSSR count). The molecule has 0 atom stereocenters. The minimum absolute atomic E-state index is 0.290. The Balaban J connectivity index is 3.41. The molecule has 0 aromatic carbocycles. The highest BCUT2D eigenvalue weighted by molar-refractivity contribution is 5.30. The largest absolute Gasteiger partial charge is 0.436 e. The van der Waals surface area contributed by atoms with E-state index in [1.54, 1.807) is 0 Å². The minimum atomic E-state index is -5.03. The summed E-state index contributed by atoms with van der Waals surface area (Å²) in [5.41, 5.74) is 1.31. The Morgan fingerprint density at radius 3 is 2.25 bits per heavy atom. The molecule has 0 spiro atoms. The summed E-state index contributed by atoms with van der Waals surface area (Å²) in [5, 5.41) is 0. The first-order chi connectivity index (χ1) is 7.29. The molecule has 0 fully saturated rings. The van der Waals surface area contributed by atoms with Crippen LogP contribution in [-0.4, -0.2) is 4.98 Å². The van der Waals surface area contributed by atoms with E-state index < -0.39 is 41.8 Å². The first kappa shape index (κ1) is 12.8. The number of halogens is 6. The lowest BCUT2D eigenvalue weighted by atomic mass is 10.1. The van der Waals surface area contributed by atoms with E-state index in [0.717, 1.165) is 0 Å². The van der Waals surface area contributed by atoms with Crippen LogP contribution in [0.5, 0.6) is 0 Å². The molecule has 0 unspecified atom stereocenters. The van der Waals surface area contributed by atoms with Crippen LogP contribution in [0, 0.1) is 5.82 Å². The van der Waals surface area contributed by atoms with Crippen molar-refractivity contribution < 1.29 is 26.3 Å². The van der Waals surface area contributed by atoms with Gasteiger partial charge in [0.15, 0.2) is 11.5 Å². The van der Waals surface area contributed by atoms with E-state index >= 15 is 0 Å². The third-order valence-corrected chi connectivity index (χ3v) is 1.86. The van der Waals surface area contributed by atoms with E-state index in [9.17, 15) is 26.3 Å². The summed E-state index contributed by atoms with van der Waals surface area (Å²) in [7, 11) is 0. The van der Waals surface area contributed by atoms with Crippen molar-refractivity contribution in [2.24, 2.45) is 5.73 Å². The summed E-state index contributed by atoms with van der Waals surface area (Å²) in [6, 6.07) is 0. The Hall–Kier alpha value is -1.31. The summed E-state index contributed by atoms with van der Waals surface area (Å²) in [6.45, 7) is -0.753. The molecular formula is C8H6F6N2. The van der Waals surface area contributed by atoms with E-state index in [0.29, 0.717) is 6.20 Å². The number of aromatic nitrogens is 1. The number of nitrogens with two attached hydrogens (primary N) is 1. The van der Waals surface area contributed by atoms with Gasteiger partial charge < -0.3 is 5.73 Å². The van der Waals surface area contributed by atoms with Gasteiger partial charge in [0, 0.05) is 23.9 Å². The Morgan fingerprint density at radius 2 is 1.88 bits per heavy atom. The molecule has 0 aliphatic heterocycles. The van der Waals surface area contributed by atoms with Crippen LogP contribution in [0.1, 0.15) is 23.2 Å². The highest BCUT2D eigenvalue weighted by Gasteiger charge is 2.38. The Kier molecular flexibility index (Phi) is 3.41. The van der Waals surface area contributed by atoms with Gasteiger partial charge in [-0.05, 0) is 0 Å². The quantitative estimate of drug-likeness (QED) is 0.812. The zero-order chi connectivity index (χ0) is 12.5. The van der Waals surface area contributed by atoms with Crippen molar-refractivity contribution in [3.05, 3.63) is 28.8 Å². The molecule has 1 aromatic rings. The summed E-state index contributed by atoms with van der Waals surface area (Å²) < 4.78 is 74.3. The van der Waals surface area contributed by atoms with Crippen LogP contribution in [-0.2, 0) is 12.7 Å². The minimum Gasteiger partial charge on any atom is -0.326 e. The maximum absolute atomic E-state index is 13.2. The molecule has 0 saturated carbocycles. The van der Waals surface area contributed by atoms with Crippen LogP contribution >= 0.6 is 0 Å². The van der Waals surface area contributed by atoms with Gasteiger partial charge in [-0.1, -0.05) is 0 Å². The topological polar surface area (TPSA) is 38.9 Å². The van der Waals surface area contributed by atoms with Crippen molar-refractivity contribution in [1.82, 2.24) is 4.98 Å². The molecule has 0 aliphatic rings. The smallest absolute Gasteiger partial charge is 0.326 e. The second-order valence-corrected chi connectivity index (χ2v) is 2.86.